The lowest BCUT2D eigenvalue weighted by atomic mass is 10.3. The van der Waals surface area contributed by atoms with Crippen LogP contribution in [0.15, 0.2) is 52.0 Å². The van der Waals surface area contributed by atoms with Crippen LogP contribution in [0.2, 0.25) is 0 Å². The second-order valence-electron chi connectivity index (χ2n) is 5.50. The average molecular weight is 403 g/mol. The number of amides is 2. The number of hydrogen-bond acceptors (Lipinski definition) is 7. The molecule has 9 heteroatoms. The van der Waals surface area contributed by atoms with Crippen LogP contribution in [0, 0.1) is 0 Å². The van der Waals surface area contributed by atoms with Crippen LogP contribution in [0.3, 0.4) is 0 Å². The quantitative estimate of drug-likeness (QED) is 0.347. The summed E-state index contributed by atoms with van der Waals surface area (Å²) < 4.78 is 5.38. The van der Waals surface area contributed by atoms with E-state index in [1.807, 2.05) is 24.4 Å². The number of nitrogens with zero attached hydrogens (tertiary/aromatic N) is 3. The van der Waals surface area contributed by atoms with E-state index in [1.165, 1.54) is 16.2 Å². The molecule has 0 saturated carbocycles. The predicted octanol–water partition coefficient (Wildman–Crippen LogP) is 2.86. The van der Waals surface area contributed by atoms with Crippen molar-refractivity contribution < 1.29 is 14.3 Å². The number of nitrogens with two attached hydrogens (primary N) is 1. The fraction of sp³-hybridized carbons (Fsp3) is 0.222. The van der Waals surface area contributed by atoms with Crippen LogP contribution < -0.4 is 15.4 Å². The van der Waals surface area contributed by atoms with Gasteiger partial charge in [-0.1, -0.05) is 17.8 Å². The van der Waals surface area contributed by atoms with E-state index in [0.717, 1.165) is 16.6 Å². The first-order valence-electron chi connectivity index (χ1n) is 8.24. The molecule has 0 radical (unpaired) electrons. The van der Waals surface area contributed by atoms with E-state index >= 15 is 0 Å². The Bertz CT molecular complexity index is 863. The maximum atomic E-state index is 12.6. The number of rotatable bonds is 6. The van der Waals surface area contributed by atoms with Crippen molar-refractivity contribution in [1.82, 2.24) is 0 Å². The molecule has 3 rings (SSSR count). The Morgan fingerprint density at radius 2 is 2.15 bits per heavy atom. The molecule has 0 spiro atoms. The van der Waals surface area contributed by atoms with Crippen molar-refractivity contribution in [1.29, 1.82) is 0 Å². The molecule has 140 valence electrons. The van der Waals surface area contributed by atoms with Crippen molar-refractivity contribution >= 4 is 52.0 Å². The van der Waals surface area contributed by atoms with Gasteiger partial charge >= 0.3 is 0 Å². The van der Waals surface area contributed by atoms with Gasteiger partial charge in [0.25, 0.3) is 0 Å². The first kappa shape index (κ1) is 19.1. The molecular weight excluding hydrogens is 384 g/mol. The first-order chi connectivity index (χ1) is 13.1. The summed E-state index contributed by atoms with van der Waals surface area (Å²) in [5, 5.41) is 9.26. The van der Waals surface area contributed by atoms with Gasteiger partial charge in [-0.2, -0.15) is 5.10 Å². The minimum absolute atomic E-state index is 0.0710. The number of hydrogen-bond donors (Lipinski definition) is 1. The lowest BCUT2D eigenvalue weighted by Gasteiger charge is -2.15. The molecule has 1 aromatic carbocycles. The Labute approximate surface area is 164 Å². The van der Waals surface area contributed by atoms with Crippen LogP contribution in [-0.2, 0) is 9.59 Å². The average Bonchev–Trinajstić information content (AvgIpc) is 3.25. The van der Waals surface area contributed by atoms with E-state index < -0.39 is 5.25 Å². The van der Waals surface area contributed by atoms with Gasteiger partial charge in [0, 0.05) is 11.3 Å². The van der Waals surface area contributed by atoms with Crippen molar-refractivity contribution in [2.75, 3.05) is 11.5 Å². The standard InChI is InChI=1S/C18H18N4O3S2/c1-2-25-13-7-5-12(6-8-13)22-16(23)10-15(17(22)24)27-18(19)21-20-11-14-4-3-9-26-14/h3-9,11,15H,2,10H2,1H3,(H2,19,21)/t15-/m1/s1. The van der Waals surface area contributed by atoms with Crippen LogP contribution in [0.4, 0.5) is 5.69 Å². The topological polar surface area (TPSA) is 97.3 Å². The molecule has 0 unspecified atom stereocenters. The van der Waals surface area contributed by atoms with Gasteiger partial charge in [0.2, 0.25) is 11.8 Å². The van der Waals surface area contributed by atoms with Gasteiger partial charge in [-0.05, 0) is 42.6 Å². The van der Waals surface area contributed by atoms with Crippen molar-refractivity contribution in [2.24, 2.45) is 15.9 Å². The Morgan fingerprint density at radius 3 is 2.81 bits per heavy atom. The number of thioether (sulfide) groups is 1. The molecule has 1 aliphatic rings. The number of imide groups is 1. The summed E-state index contributed by atoms with van der Waals surface area (Å²) >= 11 is 2.58. The van der Waals surface area contributed by atoms with Gasteiger partial charge in [-0.3, -0.25) is 9.59 Å². The molecule has 2 N–H and O–H groups in total. The second-order valence-corrected chi connectivity index (χ2v) is 7.71. The number of carbonyl (C=O) groups is 2. The first-order valence-corrected chi connectivity index (χ1v) is 10.0. The minimum atomic E-state index is -0.607. The second kappa shape index (κ2) is 8.83. The normalized spacial score (nSPS) is 17.9. The summed E-state index contributed by atoms with van der Waals surface area (Å²) in [6.45, 7) is 2.44. The summed E-state index contributed by atoms with van der Waals surface area (Å²) in [5.41, 5.74) is 6.36. The van der Waals surface area contributed by atoms with E-state index in [4.69, 9.17) is 10.5 Å². The number of carbonyl (C=O) groups excluding carboxylic acids is 2. The molecule has 0 bridgehead atoms. The molecule has 1 aromatic heterocycles. The van der Waals surface area contributed by atoms with Crippen LogP contribution >= 0.6 is 23.1 Å². The largest absolute Gasteiger partial charge is 0.494 e. The predicted molar refractivity (Wildman–Crippen MR) is 110 cm³/mol. The third-order valence-corrected chi connectivity index (χ3v) is 5.44. The summed E-state index contributed by atoms with van der Waals surface area (Å²) in [5.74, 6) is 0.109. The molecule has 7 nitrogen and oxygen atoms in total. The number of ether oxygens (including phenoxy) is 1. The molecule has 0 aliphatic carbocycles. The van der Waals surface area contributed by atoms with E-state index in [1.54, 1.807) is 30.5 Å². The van der Waals surface area contributed by atoms with E-state index in [9.17, 15) is 9.59 Å². The monoisotopic (exact) mass is 402 g/mol. The van der Waals surface area contributed by atoms with E-state index in [-0.39, 0.29) is 23.4 Å². The van der Waals surface area contributed by atoms with Gasteiger partial charge in [0.1, 0.15) is 11.0 Å². The van der Waals surface area contributed by atoms with Crippen LogP contribution in [-0.4, -0.2) is 35.1 Å². The molecule has 2 aromatic rings. The van der Waals surface area contributed by atoms with Crippen molar-refractivity contribution in [3.63, 3.8) is 0 Å². The lowest BCUT2D eigenvalue weighted by molar-refractivity contribution is -0.121. The summed E-state index contributed by atoms with van der Waals surface area (Å²) in [6, 6.07) is 10.7. The Balaban J connectivity index is 1.64. The van der Waals surface area contributed by atoms with Crippen LogP contribution in [0.25, 0.3) is 0 Å². The molecular formula is C18H18N4O3S2. The van der Waals surface area contributed by atoms with Crippen molar-refractivity contribution in [2.45, 2.75) is 18.6 Å². The molecule has 1 saturated heterocycles. The fourth-order valence-electron chi connectivity index (χ4n) is 2.50. The zero-order chi connectivity index (χ0) is 19.2. The number of anilines is 1. The van der Waals surface area contributed by atoms with Crippen molar-refractivity contribution in [3.8, 4) is 5.75 Å². The third-order valence-electron chi connectivity index (χ3n) is 3.66. The summed E-state index contributed by atoms with van der Waals surface area (Å²) in [7, 11) is 0. The minimum Gasteiger partial charge on any atom is -0.494 e. The van der Waals surface area contributed by atoms with Crippen LogP contribution in [0.1, 0.15) is 18.2 Å². The fourth-order valence-corrected chi connectivity index (χ4v) is 3.90. The summed E-state index contributed by atoms with van der Waals surface area (Å²) in [4.78, 5) is 27.1. The maximum Gasteiger partial charge on any atom is 0.247 e. The number of benzene rings is 1. The van der Waals surface area contributed by atoms with Gasteiger partial charge in [-0.15, -0.1) is 16.4 Å². The molecule has 1 aliphatic heterocycles. The molecule has 1 atom stereocenters. The highest BCUT2D eigenvalue weighted by Crippen LogP contribution is 2.30. The molecule has 1 fully saturated rings. The highest BCUT2D eigenvalue weighted by atomic mass is 32.2. The van der Waals surface area contributed by atoms with Gasteiger partial charge in [-0.25, -0.2) is 4.90 Å². The number of amidine groups is 1. The number of thiophene rings is 1. The Hall–Kier alpha value is -2.65. The zero-order valence-corrected chi connectivity index (χ0v) is 16.2. The van der Waals surface area contributed by atoms with Gasteiger partial charge < -0.3 is 10.5 Å². The van der Waals surface area contributed by atoms with Crippen LogP contribution in [0.5, 0.6) is 5.75 Å². The van der Waals surface area contributed by atoms with Gasteiger partial charge in [0.15, 0.2) is 5.17 Å². The third kappa shape index (κ3) is 4.75. The van der Waals surface area contributed by atoms with E-state index in [0.29, 0.717) is 18.0 Å². The highest BCUT2D eigenvalue weighted by molar-refractivity contribution is 8.14. The molecule has 27 heavy (non-hydrogen) atoms. The van der Waals surface area contributed by atoms with E-state index in [2.05, 4.69) is 10.2 Å². The zero-order valence-electron chi connectivity index (χ0n) is 14.6. The SMILES string of the molecule is CCOc1ccc(N2C(=O)C[C@@H](S/C(N)=N\N=Cc3cccs3)C2=O)cc1. The van der Waals surface area contributed by atoms with Gasteiger partial charge in [0.05, 0.1) is 18.5 Å². The maximum absolute atomic E-state index is 12.6. The Morgan fingerprint density at radius 1 is 1.37 bits per heavy atom. The molecule has 2 amide bonds. The van der Waals surface area contributed by atoms with Crippen molar-refractivity contribution in [3.05, 3.63) is 46.7 Å². The smallest absolute Gasteiger partial charge is 0.247 e. The highest BCUT2D eigenvalue weighted by Gasteiger charge is 2.40. The lowest BCUT2D eigenvalue weighted by Crippen LogP contribution is -2.31. The molecule has 2 heterocycles. The summed E-state index contributed by atoms with van der Waals surface area (Å²) in [6.07, 6.45) is 1.66. The Kier molecular flexibility index (Phi) is 6.25.